The van der Waals surface area contributed by atoms with E-state index in [2.05, 4.69) is 190 Å². The molecule has 0 fully saturated rings. The normalized spacial score (nSPS) is 13.4. The lowest BCUT2D eigenvalue weighted by molar-refractivity contribution is 0.789. The van der Waals surface area contributed by atoms with Gasteiger partial charge in [-0.05, 0) is 110 Å². The van der Waals surface area contributed by atoms with Crippen LogP contribution in [0, 0.1) is 0 Å². The summed E-state index contributed by atoms with van der Waals surface area (Å²) in [6, 6.07) is 62.4. The minimum Gasteiger partial charge on any atom is -0.309 e. The molecule has 0 unspecified atom stereocenters. The van der Waals surface area contributed by atoms with E-state index in [-0.39, 0.29) is 0 Å². The van der Waals surface area contributed by atoms with Gasteiger partial charge in [0.1, 0.15) is 0 Å². The summed E-state index contributed by atoms with van der Waals surface area (Å²) in [5, 5.41) is 4.99. The van der Waals surface area contributed by atoms with E-state index < -0.39 is 5.41 Å². The van der Waals surface area contributed by atoms with E-state index in [0.717, 1.165) is 16.9 Å². The van der Waals surface area contributed by atoms with Gasteiger partial charge in [-0.1, -0.05) is 115 Å². The van der Waals surface area contributed by atoms with Crippen LogP contribution in [0.4, 0.5) is 0 Å². The molecule has 2 aliphatic carbocycles. The van der Waals surface area contributed by atoms with E-state index in [9.17, 15) is 0 Å². The van der Waals surface area contributed by atoms with E-state index >= 15 is 0 Å². The molecule has 0 aliphatic heterocycles. The molecular formula is C53H32N4. The fourth-order valence-corrected chi connectivity index (χ4v) is 10.5. The summed E-state index contributed by atoms with van der Waals surface area (Å²) >= 11 is 0. The first-order valence-corrected chi connectivity index (χ1v) is 19.6. The Morgan fingerprint density at radius 2 is 0.895 bits per heavy atom. The highest BCUT2D eigenvalue weighted by Crippen LogP contribution is 2.64. The summed E-state index contributed by atoms with van der Waals surface area (Å²) in [6.45, 7) is 0. The standard InChI is InChI=1S/C53H32N4/c1-5-13-43-37(9-1)38-10-2-6-14-44(38)53(43)45-25-26-49-52(51(45)41-28-30-54-31-46(41)53)42-12-4-8-16-48(42)56(49)35-21-17-33(18-22-35)34-19-23-36(24-20-34)57-47-15-7-3-11-39(47)40-27-29-55-32-50(40)57/h1-32H. The number of rotatable bonds is 3. The van der Waals surface area contributed by atoms with Gasteiger partial charge in [0.05, 0.1) is 33.7 Å². The highest BCUT2D eigenvalue weighted by Gasteiger charge is 2.52. The Labute approximate surface area is 328 Å². The second-order valence-corrected chi connectivity index (χ2v) is 15.3. The predicted molar refractivity (Wildman–Crippen MR) is 232 cm³/mol. The topological polar surface area (TPSA) is 35.6 Å². The van der Waals surface area contributed by atoms with Crippen molar-refractivity contribution in [3.8, 4) is 44.8 Å². The number of hydrogen-bond donors (Lipinski definition) is 0. The minimum absolute atomic E-state index is 0.431. The second-order valence-electron chi connectivity index (χ2n) is 15.3. The van der Waals surface area contributed by atoms with Gasteiger partial charge in [-0.25, -0.2) is 0 Å². The third-order valence-corrected chi connectivity index (χ3v) is 12.7. The van der Waals surface area contributed by atoms with Gasteiger partial charge in [-0.15, -0.1) is 0 Å². The maximum Gasteiger partial charge on any atom is 0.0740 e. The molecular weight excluding hydrogens is 693 g/mol. The summed E-state index contributed by atoms with van der Waals surface area (Å²) in [6.07, 6.45) is 7.91. The molecule has 2 aliphatic rings. The van der Waals surface area contributed by atoms with Crippen LogP contribution >= 0.6 is 0 Å². The van der Waals surface area contributed by atoms with Crippen molar-refractivity contribution in [3.05, 3.63) is 217 Å². The summed E-state index contributed by atoms with van der Waals surface area (Å²) in [5.41, 5.74) is 19.3. The molecule has 13 rings (SSSR count). The number of pyridine rings is 2. The highest BCUT2D eigenvalue weighted by molar-refractivity contribution is 6.19. The van der Waals surface area contributed by atoms with Crippen LogP contribution in [0.25, 0.3) is 88.4 Å². The first-order chi connectivity index (χ1) is 28.3. The molecule has 4 nitrogen and oxygen atoms in total. The van der Waals surface area contributed by atoms with Gasteiger partial charge < -0.3 is 9.13 Å². The van der Waals surface area contributed by atoms with Crippen LogP contribution in [0.3, 0.4) is 0 Å². The Bertz CT molecular complexity index is 3360. The number of benzene rings is 7. The second kappa shape index (κ2) is 11.2. The van der Waals surface area contributed by atoms with E-state index in [1.807, 2.05) is 18.6 Å². The zero-order chi connectivity index (χ0) is 37.2. The fourth-order valence-electron chi connectivity index (χ4n) is 10.5. The van der Waals surface area contributed by atoms with E-state index in [1.54, 1.807) is 0 Å². The number of nitrogens with zero attached hydrogens (tertiary/aromatic N) is 4. The average Bonchev–Trinajstić information content (AvgIpc) is 3.99. The van der Waals surface area contributed by atoms with Crippen LogP contribution in [0.5, 0.6) is 0 Å². The molecule has 4 heterocycles. The van der Waals surface area contributed by atoms with Crippen LogP contribution in [0.15, 0.2) is 195 Å². The number of aromatic nitrogens is 4. The Hall–Kier alpha value is -7.56. The van der Waals surface area contributed by atoms with Gasteiger partial charge in [0, 0.05) is 51.5 Å². The number of hydrogen-bond acceptors (Lipinski definition) is 2. The summed E-state index contributed by atoms with van der Waals surface area (Å²) in [4.78, 5) is 9.23. The van der Waals surface area contributed by atoms with Crippen molar-refractivity contribution in [2.75, 3.05) is 0 Å². The molecule has 264 valence electrons. The third-order valence-electron chi connectivity index (χ3n) is 12.7. The van der Waals surface area contributed by atoms with E-state index in [4.69, 9.17) is 4.98 Å². The van der Waals surface area contributed by atoms with Gasteiger partial charge in [-0.2, -0.15) is 0 Å². The molecule has 57 heavy (non-hydrogen) atoms. The SMILES string of the molecule is c1ccc2c(c1)-c1ccccc1C21c2cnccc2-c2c1ccc1c2c2ccccc2n1-c1ccc(-c2ccc(-n3c4ccccc4c4ccncc43)cc2)cc1. The van der Waals surface area contributed by atoms with Crippen molar-refractivity contribution in [3.63, 3.8) is 0 Å². The van der Waals surface area contributed by atoms with E-state index in [1.165, 1.54) is 93.7 Å². The number of fused-ring (bicyclic) bond motifs is 17. The van der Waals surface area contributed by atoms with Gasteiger partial charge in [0.2, 0.25) is 0 Å². The molecule has 0 saturated carbocycles. The summed E-state index contributed by atoms with van der Waals surface area (Å²) < 4.78 is 4.75. The average molecular weight is 725 g/mol. The first-order valence-electron chi connectivity index (χ1n) is 19.6. The Balaban J connectivity index is 0.962. The third kappa shape index (κ3) is 3.91. The van der Waals surface area contributed by atoms with Crippen molar-refractivity contribution in [1.82, 2.24) is 19.1 Å². The monoisotopic (exact) mass is 724 g/mol. The van der Waals surface area contributed by atoms with Gasteiger partial charge in [-0.3, -0.25) is 9.97 Å². The molecule has 0 atom stereocenters. The van der Waals surface area contributed by atoms with Gasteiger partial charge in [0.25, 0.3) is 0 Å². The summed E-state index contributed by atoms with van der Waals surface area (Å²) in [5.74, 6) is 0. The maximum absolute atomic E-state index is 4.77. The van der Waals surface area contributed by atoms with Crippen LogP contribution in [-0.4, -0.2) is 19.1 Å². The van der Waals surface area contributed by atoms with Crippen LogP contribution in [0.2, 0.25) is 0 Å². The van der Waals surface area contributed by atoms with Gasteiger partial charge in [0.15, 0.2) is 0 Å². The van der Waals surface area contributed by atoms with Crippen molar-refractivity contribution in [2.45, 2.75) is 5.41 Å². The van der Waals surface area contributed by atoms with Crippen LogP contribution in [-0.2, 0) is 5.41 Å². The summed E-state index contributed by atoms with van der Waals surface area (Å²) in [7, 11) is 0. The lowest BCUT2D eigenvalue weighted by Crippen LogP contribution is -2.25. The smallest absolute Gasteiger partial charge is 0.0740 e. The lowest BCUT2D eigenvalue weighted by atomic mass is 9.71. The Kier molecular flexibility index (Phi) is 6.07. The van der Waals surface area contributed by atoms with Crippen molar-refractivity contribution in [1.29, 1.82) is 0 Å². The number of para-hydroxylation sites is 2. The zero-order valence-corrected chi connectivity index (χ0v) is 30.8. The van der Waals surface area contributed by atoms with E-state index in [0.29, 0.717) is 0 Å². The van der Waals surface area contributed by atoms with Crippen LogP contribution in [0.1, 0.15) is 22.3 Å². The largest absolute Gasteiger partial charge is 0.309 e. The molecule has 1 spiro atoms. The molecule has 7 aromatic carbocycles. The fraction of sp³-hybridized carbons (Fsp3) is 0.0189. The predicted octanol–water partition coefficient (Wildman–Crippen LogP) is 12.7. The zero-order valence-electron chi connectivity index (χ0n) is 30.8. The van der Waals surface area contributed by atoms with Crippen molar-refractivity contribution < 1.29 is 0 Å². The van der Waals surface area contributed by atoms with Crippen molar-refractivity contribution >= 4 is 43.6 Å². The molecule has 4 heteroatoms. The highest BCUT2D eigenvalue weighted by atomic mass is 15.0. The minimum atomic E-state index is -0.431. The Morgan fingerprint density at radius 3 is 1.60 bits per heavy atom. The first kappa shape index (κ1) is 30.7. The molecule has 0 bridgehead atoms. The molecule has 0 radical (unpaired) electrons. The van der Waals surface area contributed by atoms with Gasteiger partial charge >= 0.3 is 0 Å². The molecule has 0 amide bonds. The maximum atomic E-state index is 4.77. The lowest BCUT2D eigenvalue weighted by Gasteiger charge is -2.30. The molecule has 11 aromatic rings. The molecule has 0 saturated heterocycles. The molecule has 4 aromatic heterocycles. The van der Waals surface area contributed by atoms with Crippen molar-refractivity contribution in [2.24, 2.45) is 0 Å². The quantitative estimate of drug-likeness (QED) is 0.182. The Morgan fingerprint density at radius 1 is 0.351 bits per heavy atom. The van der Waals surface area contributed by atoms with Crippen LogP contribution < -0.4 is 0 Å². The molecule has 0 N–H and O–H groups in total.